The Kier molecular flexibility index (Phi) is 6.18. The minimum atomic E-state index is -0.424. The molecule has 0 aliphatic carbocycles. The van der Waals surface area contributed by atoms with E-state index in [4.69, 9.17) is 9.15 Å². The smallest absolute Gasteiger partial charge is 0.408 e. The molecular weight excluding hydrogens is 398 g/mol. The van der Waals surface area contributed by atoms with E-state index in [1.54, 1.807) is 29.2 Å². The third kappa shape index (κ3) is 4.54. The van der Waals surface area contributed by atoms with Crippen molar-refractivity contribution in [1.29, 1.82) is 0 Å². The molecule has 162 valence electrons. The van der Waals surface area contributed by atoms with Crippen molar-refractivity contribution in [2.24, 2.45) is 0 Å². The second-order valence-corrected chi connectivity index (χ2v) is 7.52. The second kappa shape index (κ2) is 9.18. The first-order valence-electron chi connectivity index (χ1n) is 10.4. The number of aromatic nitrogens is 1. The summed E-state index contributed by atoms with van der Waals surface area (Å²) in [5.41, 5.74) is 3.20. The average molecular weight is 423 g/mol. The van der Waals surface area contributed by atoms with Gasteiger partial charge in [-0.3, -0.25) is 14.2 Å². The highest BCUT2D eigenvalue weighted by molar-refractivity contribution is 5.99. The van der Waals surface area contributed by atoms with Crippen molar-refractivity contribution in [3.63, 3.8) is 0 Å². The minimum absolute atomic E-state index is 0.0527. The molecule has 8 nitrogen and oxygen atoms in total. The predicted molar refractivity (Wildman–Crippen MR) is 116 cm³/mol. The average Bonchev–Trinajstić information content (AvgIpc) is 3.10. The minimum Gasteiger partial charge on any atom is -0.408 e. The number of para-hydroxylation sites is 2. The highest BCUT2D eigenvalue weighted by Gasteiger charge is 2.21. The maximum atomic E-state index is 12.8. The lowest BCUT2D eigenvalue weighted by molar-refractivity contribution is -0.116. The number of ether oxygens (including phenoxy) is 1. The van der Waals surface area contributed by atoms with Crippen LogP contribution in [0.15, 0.2) is 51.7 Å². The van der Waals surface area contributed by atoms with Crippen LogP contribution in [0, 0.1) is 6.92 Å². The third-order valence-corrected chi connectivity index (χ3v) is 5.50. The summed E-state index contributed by atoms with van der Waals surface area (Å²) in [5.74, 6) is -0.644. The van der Waals surface area contributed by atoms with E-state index in [-0.39, 0.29) is 18.2 Å². The van der Waals surface area contributed by atoms with Crippen molar-refractivity contribution < 1.29 is 18.7 Å². The number of carbonyl (C=O) groups excluding carboxylic acids is 2. The van der Waals surface area contributed by atoms with Crippen LogP contribution in [0.3, 0.4) is 0 Å². The van der Waals surface area contributed by atoms with Crippen LogP contribution in [0.5, 0.6) is 0 Å². The Labute approximate surface area is 179 Å². The van der Waals surface area contributed by atoms with Gasteiger partial charge in [-0.05, 0) is 43.2 Å². The third-order valence-electron chi connectivity index (χ3n) is 5.50. The van der Waals surface area contributed by atoms with E-state index in [1.807, 2.05) is 25.1 Å². The summed E-state index contributed by atoms with van der Waals surface area (Å²) in [6.07, 6.45) is 0.730. The molecule has 0 atom stereocenters. The number of nitrogens with one attached hydrogen (secondary N) is 1. The number of carbonyl (C=O) groups is 2. The van der Waals surface area contributed by atoms with E-state index < -0.39 is 5.76 Å². The highest BCUT2D eigenvalue weighted by atomic mass is 16.5. The van der Waals surface area contributed by atoms with Crippen molar-refractivity contribution in [3.05, 3.63) is 64.1 Å². The number of fused-ring (bicyclic) bond motifs is 1. The zero-order chi connectivity index (χ0) is 21.8. The van der Waals surface area contributed by atoms with Gasteiger partial charge in [0.25, 0.3) is 5.91 Å². The van der Waals surface area contributed by atoms with Crippen LogP contribution in [0.1, 0.15) is 28.8 Å². The van der Waals surface area contributed by atoms with Gasteiger partial charge in [-0.1, -0.05) is 18.2 Å². The number of anilines is 1. The summed E-state index contributed by atoms with van der Waals surface area (Å²) in [4.78, 5) is 39.1. The number of oxazole rings is 1. The quantitative estimate of drug-likeness (QED) is 0.658. The van der Waals surface area contributed by atoms with Gasteiger partial charge < -0.3 is 19.4 Å². The molecule has 3 aromatic rings. The summed E-state index contributed by atoms with van der Waals surface area (Å²) >= 11 is 0. The van der Waals surface area contributed by atoms with Gasteiger partial charge in [0.15, 0.2) is 5.58 Å². The van der Waals surface area contributed by atoms with Crippen LogP contribution in [0.25, 0.3) is 11.1 Å². The Morgan fingerprint density at radius 3 is 2.65 bits per heavy atom. The molecule has 8 heteroatoms. The molecule has 0 unspecified atom stereocenters. The maximum Gasteiger partial charge on any atom is 0.419 e. The van der Waals surface area contributed by atoms with Crippen molar-refractivity contribution >= 4 is 28.6 Å². The molecule has 1 aliphatic heterocycles. The molecule has 0 saturated carbocycles. The van der Waals surface area contributed by atoms with Crippen LogP contribution in [0.4, 0.5) is 5.69 Å². The molecule has 1 N–H and O–H groups in total. The predicted octanol–water partition coefficient (Wildman–Crippen LogP) is 2.79. The summed E-state index contributed by atoms with van der Waals surface area (Å²) in [5, 5.41) is 2.90. The largest absolute Gasteiger partial charge is 0.419 e. The van der Waals surface area contributed by atoms with E-state index in [1.165, 1.54) is 4.57 Å². The van der Waals surface area contributed by atoms with E-state index in [2.05, 4.69) is 5.32 Å². The molecule has 0 bridgehead atoms. The molecule has 0 radical (unpaired) electrons. The van der Waals surface area contributed by atoms with Gasteiger partial charge >= 0.3 is 5.76 Å². The molecule has 4 rings (SSSR count). The highest BCUT2D eigenvalue weighted by Crippen LogP contribution is 2.21. The van der Waals surface area contributed by atoms with Gasteiger partial charge in [0.05, 0.1) is 18.7 Å². The van der Waals surface area contributed by atoms with Crippen molar-refractivity contribution in [2.45, 2.75) is 26.3 Å². The fourth-order valence-electron chi connectivity index (χ4n) is 3.78. The van der Waals surface area contributed by atoms with E-state index in [9.17, 15) is 14.4 Å². The molecule has 31 heavy (non-hydrogen) atoms. The Morgan fingerprint density at radius 1 is 1.06 bits per heavy atom. The van der Waals surface area contributed by atoms with Crippen LogP contribution in [0.2, 0.25) is 0 Å². The zero-order valence-corrected chi connectivity index (χ0v) is 17.4. The van der Waals surface area contributed by atoms with Gasteiger partial charge in [-0.25, -0.2) is 4.79 Å². The maximum absolute atomic E-state index is 12.8. The number of morpholine rings is 1. The monoisotopic (exact) mass is 423 g/mol. The molecule has 1 saturated heterocycles. The van der Waals surface area contributed by atoms with Crippen molar-refractivity contribution in [1.82, 2.24) is 9.47 Å². The number of aryl methyl sites for hydroxylation is 1. The number of amides is 2. The Morgan fingerprint density at radius 2 is 1.84 bits per heavy atom. The van der Waals surface area contributed by atoms with E-state index >= 15 is 0 Å². The van der Waals surface area contributed by atoms with Crippen molar-refractivity contribution in [2.75, 3.05) is 31.6 Å². The SMILES string of the molecule is Cc1c(NC(=O)CCCn2c(=O)oc3ccccc32)cccc1C(=O)N1CCOCC1. The Hall–Kier alpha value is -3.39. The molecule has 1 aliphatic rings. The van der Waals surface area contributed by atoms with Gasteiger partial charge in [0, 0.05) is 37.3 Å². The van der Waals surface area contributed by atoms with E-state index in [0.717, 1.165) is 11.1 Å². The van der Waals surface area contributed by atoms with Crippen LogP contribution in [-0.4, -0.2) is 47.6 Å². The first-order valence-corrected chi connectivity index (χ1v) is 10.4. The molecule has 2 amide bonds. The molecule has 0 spiro atoms. The van der Waals surface area contributed by atoms with Crippen LogP contribution < -0.4 is 11.1 Å². The first kappa shape index (κ1) is 20.9. The fraction of sp³-hybridized carbons (Fsp3) is 0.348. The summed E-state index contributed by atoms with van der Waals surface area (Å²) in [6, 6.07) is 12.6. The summed E-state index contributed by atoms with van der Waals surface area (Å²) < 4.78 is 12.1. The van der Waals surface area contributed by atoms with E-state index in [0.29, 0.717) is 56.1 Å². The number of rotatable bonds is 6. The molecule has 1 aromatic heterocycles. The first-order chi connectivity index (χ1) is 15.0. The number of benzene rings is 2. The lowest BCUT2D eigenvalue weighted by atomic mass is 10.0. The standard InChI is InChI=1S/C23H25N3O5/c1-16-17(22(28)25-12-14-30-15-13-25)6-4-7-18(16)24-21(27)10-5-11-26-19-8-2-3-9-20(19)31-23(26)29/h2-4,6-9H,5,10-15H2,1H3,(H,24,27). The van der Waals surface area contributed by atoms with Gasteiger partial charge in [0.1, 0.15) is 0 Å². The molecule has 1 fully saturated rings. The van der Waals surface area contributed by atoms with Gasteiger partial charge in [-0.2, -0.15) is 0 Å². The van der Waals surface area contributed by atoms with Crippen LogP contribution in [-0.2, 0) is 16.1 Å². The van der Waals surface area contributed by atoms with Crippen molar-refractivity contribution in [3.8, 4) is 0 Å². The lowest BCUT2D eigenvalue weighted by Gasteiger charge is -2.27. The summed E-state index contributed by atoms with van der Waals surface area (Å²) in [7, 11) is 0. The summed E-state index contributed by atoms with van der Waals surface area (Å²) in [6.45, 7) is 4.43. The lowest BCUT2D eigenvalue weighted by Crippen LogP contribution is -2.41. The Bertz CT molecular complexity index is 1160. The normalized spacial score (nSPS) is 14.0. The topological polar surface area (TPSA) is 93.8 Å². The second-order valence-electron chi connectivity index (χ2n) is 7.52. The number of nitrogens with zero attached hydrogens (tertiary/aromatic N) is 2. The molecule has 2 heterocycles. The Balaban J connectivity index is 1.38. The van der Waals surface area contributed by atoms with Gasteiger partial charge in [-0.15, -0.1) is 0 Å². The fourth-order valence-corrected chi connectivity index (χ4v) is 3.78. The van der Waals surface area contributed by atoms with Gasteiger partial charge in [0.2, 0.25) is 5.91 Å². The zero-order valence-electron chi connectivity index (χ0n) is 17.4. The number of hydrogen-bond donors (Lipinski definition) is 1. The van der Waals surface area contributed by atoms with Crippen LogP contribution >= 0.6 is 0 Å². The molecular formula is C23H25N3O5. The number of hydrogen-bond acceptors (Lipinski definition) is 5. The molecule has 2 aromatic carbocycles.